The third-order valence-corrected chi connectivity index (χ3v) is 3.59. The average molecular weight is 229 g/mol. The molecule has 5 nitrogen and oxygen atoms in total. The molecule has 0 aromatic carbocycles. The number of methoxy groups -OCH3 is 1. The molecule has 2 aliphatic rings. The maximum atomic E-state index is 11.3. The number of rotatable bonds is 2. The highest BCUT2D eigenvalue weighted by atomic mass is 16.7. The van der Waals surface area contributed by atoms with Gasteiger partial charge in [-0.1, -0.05) is 0 Å². The Balaban J connectivity index is 1.87. The quantitative estimate of drug-likeness (QED) is 0.695. The zero-order valence-corrected chi connectivity index (χ0v) is 9.61. The zero-order valence-electron chi connectivity index (χ0n) is 9.61. The van der Waals surface area contributed by atoms with Crippen LogP contribution in [0.3, 0.4) is 0 Å². The summed E-state index contributed by atoms with van der Waals surface area (Å²) in [6.07, 6.45) is 3.36. The predicted octanol–water partition coefficient (Wildman–Crippen LogP) is 0.420. The smallest absolute Gasteiger partial charge is 0.322 e. The highest BCUT2D eigenvalue weighted by Gasteiger charge is 2.42. The van der Waals surface area contributed by atoms with Crippen molar-refractivity contribution in [2.24, 2.45) is 11.7 Å². The van der Waals surface area contributed by atoms with Gasteiger partial charge in [0.2, 0.25) is 0 Å². The first kappa shape index (κ1) is 11.8. The standard InChI is InChI=1S/C11H19NO4/c1-14-10(13)9(12)8-2-4-11(5-3-8)15-6-7-16-11/h8-9H,2-7,12H2,1H3/t9-/m1/s1. The second-order valence-electron chi connectivity index (χ2n) is 4.49. The molecule has 1 heterocycles. The van der Waals surface area contributed by atoms with Gasteiger partial charge in [0, 0.05) is 12.8 Å². The Kier molecular flexibility index (Phi) is 3.47. The van der Waals surface area contributed by atoms with Crippen LogP contribution in [0, 0.1) is 5.92 Å². The fraction of sp³-hybridized carbons (Fsp3) is 0.909. The summed E-state index contributed by atoms with van der Waals surface area (Å²) in [5.74, 6) is -0.521. The Morgan fingerprint density at radius 2 is 1.94 bits per heavy atom. The highest BCUT2D eigenvalue weighted by molar-refractivity contribution is 5.75. The maximum Gasteiger partial charge on any atom is 0.322 e. The first-order chi connectivity index (χ1) is 7.67. The van der Waals surface area contributed by atoms with Gasteiger partial charge >= 0.3 is 5.97 Å². The SMILES string of the molecule is COC(=O)[C@H](N)C1CCC2(CC1)OCCO2. The van der Waals surface area contributed by atoms with E-state index in [0.29, 0.717) is 13.2 Å². The van der Waals surface area contributed by atoms with Crippen molar-refractivity contribution in [2.45, 2.75) is 37.5 Å². The van der Waals surface area contributed by atoms with Gasteiger partial charge in [0.05, 0.1) is 20.3 Å². The van der Waals surface area contributed by atoms with Crippen LogP contribution < -0.4 is 5.73 Å². The van der Waals surface area contributed by atoms with Crippen LogP contribution in [0.4, 0.5) is 0 Å². The van der Waals surface area contributed by atoms with E-state index in [4.69, 9.17) is 15.2 Å². The van der Waals surface area contributed by atoms with Crippen LogP contribution in [0.1, 0.15) is 25.7 Å². The van der Waals surface area contributed by atoms with E-state index in [2.05, 4.69) is 4.74 Å². The van der Waals surface area contributed by atoms with E-state index >= 15 is 0 Å². The topological polar surface area (TPSA) is 70.8 Å². The average Bonchev–Trinajstić information content (AvgIpc) is 2.77. The zero-order chi connectivity index (χ0) is 11.6. The molecule has 0 bridgehead atoms. The lowest BCUT2D eigenvalue weighted by Crippen LogP contribution is -2.44. The summed E-state index contributed by atoms with van der Waals surface area (Å²) >= 11 is 0. The van der Waals surface area contributed by atoms with E-state index in [-0.39, 0.29) is 17.7 Å². The Morgan fingerprint density at radius 1 is 1.38 bits per heavy atom. The van der Waals surface area contributed by atoms with Crippen LogP contribution in [0.15, 0.2) is 0 Å². The maximum absolute atomic E-state index is 11.3. The number of hydrogen-bond donors (Lipinski definition) is 1. The van der Waals surface area contributed by atoms with Gasteiger partial charge in [-0.2, -0.15) is 0 Å². The minimum absolute atomic E-state index is 0.186. The molecule has 2 fully saturated rings. The summed E-state index contributed by atoms with van der Waals surface area (Å²) in [5.41, 5.74) is 5.83. The molecule has 2 N–H and O–H groups in total. The Hall–Kier alpha value is -0.650. The fourth-order valence-electron chi connectivity index (χ4n) is 2.55. The minimum atomic E-state index is -0.510. The van der Waals surface area contributed by atoms with Gasteiger partial charge in [-0.3, -0.25) is 4.79 Å². The summed E-state index contributed by atoms with van der Waals surface area (Å²) in [7, 11) is 1.37. The van der Waals surface area contributed by atoms with Crippen molar-refractivity contribution in [3.05, 3.63) is 0 Å². The van der Waals surface area contributed by atoms with E-state index in [9.17, 15) is 4.79 Å². The van der Waals surface area contributed by atoms with Crippen molar-refractivity contribution in [1.29, 1.82) is 0 Å². The van der Waals surface area contributed by atoms with Crippen LogP contribution in [-0.2, 0) is 19.0 Å². The third-order valence-electron chi connectivity index (χ3n) is 3.59. The van der Waals surface area contributed by atoms with Crippen LogP contribution in [-0.4, -0.2) is 38.1 Å². The molecule has 1 spiro atoms. The van der Waals surface area contributed by atoms with Crippen molar-refractivity contribution >= 4 is 5.97 Å². The monoisotopic (exact) mass is 229 g/mol. The lowest BCUT2D eigenvalue weighted by atomic mass is 9.81. The Morgan fingerprint density at radius 3 is 2.44 bits per heavy atom. The van der Waals surface area contributed by atoms with Gasteiger partial charge in [-0.05, 0) is 18.8 Å². The summed E-state index contributed by atoms with van der Waals surface area (Å²) < 4.78 is 15.9. The molecule has 1 atom stereocenters. The molecule has 1 aliphatic carbocycles. The van der Waals surface area contributed by atoms with Crippen molar-refractivity contribution in [1.82, 2.24) is 0 Å². The van der Waals surface area contributed by atoms with Crippen LogP contribution in [0.5, 0.6) is 0 Å². The van der Waals surface area contributed by atoms with Crippen LogP contribution in [0.2, 0.25) is 0 Å². The second kappa shape index (κ2) is 4.69. The van der Waals surface area contributed by atoms with E-state index in [1.54, 1.807) is 0 Å². The van der Waals surface area contributed by atoms with E-state index in [1.807, 2.05) is 0 Å². The van der Waals surface area contributed by atoms with E-state index in [0.717, 1.165) is 25.7 Å². The Bertz CT molecular complexity index is 253. The second-order valence-corrected chi connectivity index (χ2v) is 4.49. The van der Waals surface area contributed by atoms with Crippen molar-refractivity contribution in [3.8, 4) is 0 Å². The highest BCUT2D eigenvalue weighted by Crippen LogP contribution is 2.39. The Labute approximate surface area is 95.2 Å². The predicted molar refractivity (Wildman–Crippen MR) is 56.6 cm³/mol. The number of nitrogens with two attached hydrogens (primary N) is 1. The third kappa shape index (κ3) is 2.21. The molecule has 0 unspecified atom stereocenters. The molecule has 2 rings (SSSR count). The molecule has 0 radical (unpaired) electrons. The lowest BCUT2D eigenvalue weighted by molar-refractivity contribution is -0.184. The van der Waals surface area contributed by atoms with Crippen molar-refractivity contribution in [3.63, 3.8) is 0 Å². The molecule has 0 amide bonds. The summed E-state index contributed by atoms with van der Waals surface area (Å²) in [4.78, 5) is 11.3. The van der Waals surface area contributed by atoms with Gasteiger partial charge in [-0.15, -0.1) is 0 Å². The fourth-order valence-corrected chi connectivity index (χ4v) is 2.55. The van der Waals surface area contributed by atoms with Gasteiger partial charge in [0.1, 0.15) is 6.04 Å². The van der Waals surface area contributed by atoms with Crippen LogP contribution in [0.25, 0.3) is 0 Å². The molecule has 1 aliphatic heterocycles. The van der Waals surface area contributed by atoms with Gasteiger partial charge in [0.15, 0.2) is 5.79 Å². The largest absolute Gasteiger partial charge is 0.468 e. The molecule has 1 saturated carbocycles. The normalized spacial score (nSPS) is 26.9. The number of hydrogen-bond acceptors (Lipinski definition) is 5. The summed E-state index contributed by atoms with van der Waals surface area (Å²) in [5, 5.41) is 0. The molecular formula is C11H19NO4. The number of esters is 1. The van der Waals surface area contributed by atoms with E-state index < -0.39 is 6.04 Å². The number of carbonyl (C=O) groups is 1. The molecule has 1 saturated heterocycles. The minimum Gasteiger partial charge on any atom is -0.468 e. The van der Waals surface area contributed by atoms with Gasteiger partial charge in [-0.25, -0.2) is 0 Å². The van der Waals surface area contributed by atoms with Crippen LogP contribution >= 0.6 is 0 Å². The molecular weight excluding hydrogens is 210 g/mol. The van der Waals surface area contributed by atoms with Gasteiger partial charge < -0.3 is 19.9 Å². The molecule has 92 valence electrons. The van der Waals surface area contributed by atoms with E-state index in [1.165, 1.54) is 7.11 Å². The number of ether oxygens (including phenoxy) is 3. The summed E-state index contributed by atoms with van der Waals surface area (Å²) in [6.45, 7) is 1.35. The summed E-state index contributed by atoms with van der Waals surface area (Å²) in [6, 6.07) is -0.510. The first-order valence-corrected chi connectivity index (χ1v) is 5.78. The molecule has 5 heteroatoms. The number of carbonyl (C=O) groups excluding carboxylic acids is 1. The molecule has 16 heavy (non-hydrogen) atoms. The van der Waals surface area contributed by atoms with Crippen molar-refractivity contribution in [2.75, 3.05) is 20.3 Å². The lowest BCUT2D eigenvalue weighted by Gasteiger charge is -2.36. The molecule has 0 aromatic rings. The van der Waals surface area contributed by atoms with Crippen molar-refractivity contribution < 1.29 is 19.0 Å². The molecule has 0 aromatic heterocycles. The van der Waals surface area contributed by atoms with Gasteiger partial charge in [0.25, 0.3) is 0 Å². The first-order valence-electron chi connectivity index (χ1n) is 5.78.